The van der Waals surface area contributed by atoms with Crippen molar-refractivity contribution < 1.29 is 19.2 Å². The molecule has 0 aromatic heterocycles. The molecular weight excluding hydrogens is 494 g/mol. The predicted octanol–water partition coefficient (Wildman–Crippen LogP) is 2.68. The Kier molecular flexibility index (Phi) is 6.95. The lowest BCUT2D eigenvalue weighted by atomic mass is 9.91. The lowest BCUT2D eigenvalue weighted by Crippen LogP contribution is -2.54. The Morgan fingerprint density at radius 2 is 1.74 bits per heavy atom. The summed E-state index contributed by atoms with van der Waals surface area (Å²) in [6.45, 7) is 8.14. The van der Waals surface area contributed by atoms with E-state index in [2.05, 4.69) is 45.6 Å². The third-order valence-corrected chi connectivity index (χ3v) is 8.75. The fourth-order valence-corrected chi connectivity index (χ4v) is 6.18. The Labute approximate surface area is 228 Å². The van der Waals surface area contributed by atoms with E-state index in [1.807, 2.05) is 0 Å². The highest BCUT2D eigenvalue weighted by Gasteiger charge is 2.45. The van der Waals surface area contributed by atoms with Gasteiger partial charge in [-0.3, -0.25) is 39.2 Å². The zero-order valence-corrected chi connectivity index (χ0v) is 22.4. The molecule has 1 saturated carbocycles. The van der Waals surface area contributed by atoms with Gasteiger partial charge in [-0.25, -0.2) is 0 Å². The number of anilines is 1. The van der Waals surface area contributed by atoms with E-state index in [1.165, 1.54) is 30.4 Å². The monoisotopic (exact) mass is 529 g/mol. The van der Waals surface area contributed by atoms with Gasteiger partial charge in [-0.05, 0) is 55.0 Å². The molecule has 1 unspecified atom stereocenters. The molecule has 3 fully saturated rings. The first-order valence-corrected chi connectivity index (χ1v) is 14.0. The Morgan fingerprint density at radius 3 is 2.44 bits per heavy atom. The Balaban J connectivity index is 1.09. The van der Waals surface area contributed by atoms with Gasteiger partial charge < -0.3 is 5.32 Å². The Hall–Kier alpha value is -3.56. The number of carbonyl (C=O) groups is 4. The topological polar surface area (TPSA) is 102 Å². The van der Waals surface area contributed by atoms with Crippen LogP contribution in [0.25, 0.3) is 0 Å². The predicted molar refractivity (Wildman–Crippen MR) is 146 cm³/mol. The number of imide groups is 2. The van der Waals surface area contributed by atoms with Crippen LogP contribution >= 0.6 is 0 Å². The van der Waals surface area contributed by atoms with Crippen molar-refractivity contribution in [3.05, 3.63) is 64.2 Å². The van der Waals surface area contributed by atoms with Crippen molar-refractivity contribution in [2.24, 2.45) is 0 Å². The molecule has 39 heavy (non-hydrogen) atoms. The van der Waals surface area contributed by atoms with E-state index in [4.69, 9.17) is 0 Å². The summed E-state index contributed by atoms with van der Waals surface area (Å²) < 4.78 is 0. The van der Waals surface area contributed by atoms with E-state index < -0.39 is 23.8 Å². The smallest absolute Gasteiger partial charge is 0.264 e. The molecule has 204 valence electrons. The molecule has 1 aliphatic carbocycles. The van der Waals surface area contributed by atoms with Gasteiger partial charge in [0.25, 0.3) is 11.8 Å². The van der Waals surface area contributed by atoms with Crippen molar-refractivity contribution in [3.63, 3.8) is 0 Å². The van der Waals surface area contributed by atoms with Gasteiger partial charge in [-0.1, -0.05) is 30.7 Å². The molecule has 2 N–H and O–H groups in total. The van der Waals surface area contributed by atoms with Crippen molar-refractivity contribution in [2.75, 3.05) is 31.5 Å². The summed E-state index contributed by atoms with van der Waals surface area (Å²) in [5.41, 5.74) is 4.77. The first-order valence-electron chi connectivity index (χ1n) is 14.0. The minimum atomic E-state index is -0.973. The number of hydrogen-bond donors (Lipinski definition) is 2. The molecule has 9 nitrogen and oxygen atoms in total. The quantitative estimate of drug-likeness (QED) is 0.532. The lowest BCUT2D eigenvalue weighted by molar-refractivity contribution is -0.136. The highest BCUT2D eigenvalue weighted by atomic mass is 16.2. The van der Waals surface area contributed by atoms with E-state index in [1.54, 1.807) is 18.2 Å². The van der Waals surface area contributed by atoms with Crippen LogP contribution in [0.1, 0.15) is 69.5 Å². The summed E-state index contributed by atoms with van der Waals surface area (Å²) >= 11 is 0. The van der Waals surface area contributed by atoms with Crippen LogP contribution < -0.4 is 10.6 Å². The fraction of sp³-hybridized carbons (Fsp3) is 0.467. The Bertz CT molecular complexity index is 1330. The van der Waals surface area contributed by atoms with E-state index in [9.17, 15) is 19.2 Å². The average molecular weight is 530 g/mol. The van der Waals surface area contributed by atoms with Gasteiger partial charge in [-0.2, -0.15) is 0 Å². The van der Waals surface area contributed by atoms with Gasteiger partial charge in [0.05, 0.1) is 11.1 Å². The van der Waals surface area contributed by atoms with Crippen molar-refractivity contribution in [3.8, 4) is 0 Å². The molecule has 9 heteroatoms. The van der Waals surface area contributed by atoms with Gasteiger partial charge in [0.1, 0.15) is 6.04 Å². The van der Waals surface area contributed by atoms with Crippen molar-refractivity contribution in [1.82, 2.24) is 20.0 Å². The van der Waals surface area contributed by atoms with Gasteiger partial charge in [-0.15, -0.1) is 0 Å². The van der Waals surface area contributed by atoms with E-state index >= 15 is 0 Å². The number of hydrogen-bond acceptors (Lipinski definition) is 7. The third-order valence-electron chi connectivity index (χ3n) is 8.75. The number of nitrogens with one attached hydrogen (secondary N) is 2. The van der Waals surface area contributed by atoms with Gasteiger partial charge in [0.2, 0.25) is 11.8 Å². The van der Waals surface area contributed by atoms with Gasteiger partial charge in [0.15, 0.2) is 0 Å². The molecule has 2 aromatic rings. The summed E-state index contributed by atoms with van der Waals surface area (Å²) in [5, 5.41) is 5.58. The van der Waals surface area contributed by atoms with Crippen molar-refractivity contribution in [2.45, 2.75) is 64.2 Å². The number of piperidine rings is 1. The van der Waals surface area contributed by atoms with Crippen molar-refractivity contribution >= 4 is 29.3 Å². The molecular formula is C30H35N5O4. The molecule has 6 rings (SSSR count). The number of benzene rings is 2. The number of carbonyl (C=O) groups excluding carboxylic acids is 4. The summed E-state index contributed by atoms with van der Waals surface area (Å²) in [5.74, 6) is -1.99. The fourth-order valence-electron chi connectivity index (χ4n) is 6.18. The number of piperazine rings is 1. The van der Waals surface area contributed by atoms with E-state index in [0.717, 1.165) is 49.2 Å². The van der Waals surface area contributed by atoms with Gasteiger partial charge in [0, 0.05) is 57.4 Å². The normalized spacial score (nSPS) is 22.6. The third kappa shape index (κ3) is 4.96. The number of aryl methyl sites for hydroxylation is 1. The highest BCUT2D eigenvalue weighted by molar-refractivity contribution is 6.25. The minimum Gasteiger partial charge on any atom is -0.380 e. The zero-order chi connectivity index (χ0) is 27.1. The van der Waals surface area contributed by atoms with Crippen LogP contribution in [0.15, 0.2) is 36.4 Å². The maximum atomic E-state index is 13.3. The van der Waals surface area contributed by atoms with Gasteiger partial charge >= 0.3 is 0 Å². The molecule has 0 radical (unpaired) electrons. The van der Waals surface area contributed by atoms with Crippen LogP contribution in [-0.4, -0.2) is 76.6 Å². The highest BCUT2D eigenvalue weighted by Crippen LogP contribution is 2.33. The molecule has 4 amide bonds. The second-order valence-corrected chi connectivity index (χ2v) is 11.2. The first kappa shape index (κ1) is 25.7. The molecule has 2 aromatic carbocycles. The van der Waals surface area contributed by atoms with Crippen LogP contribution in [-0.2, 0) is 22.7 Å². The standard InChI is InChI=1S/C30H35N5O4/c1-19-16-20(8-9-21(19)18-33-12-14-34(15-13-33)22-4-2-5-22)17-31-24-7-3-6-23-27(24)30(39)35(29(23)38)25-10-11-26(36)32-28(25)37/h3,6-9,16,22,25,31H,2,4-5,10-15,17-18H2,1H3,(H,32,36,37). The maximum absolute atomic E-state index is 13.3. The molecule has 3 heterocycles. The summed E-state index contributed by atoms with van der Waals surface area (Å²) in [6.07, 6.45) is 4.35. The van der Waals surface area contributed by atoms with E-state index in [-0.39, 0.29) is 29.9 Å². The van der Waals surface area contributed by atoms with Crippen LogP contribution in [0.3, 0.4) is 0 Å². The van der Waals surface area contributed by atoms with Crippen LogP contribution in [0.2, 0.25) is 0 Å². The zero-order valence-electron chi connectivity index (χ0n) is 22.4. The average Bonchev–Trinajstić information content (AvgIpc) is 3.14. The molecule has 2 saturated heterocycles. The minimum absolute atomic E-state index is 0.0982. The van der Waals surface area contributed by atoms with Crippen LogP contribution in [0.4, 0.5) is 5.69 Å². The molecule has 0 bridgehead atoms. The summed E-state index contributed by atoms with van der Waals surface area (Å²) in [6, 6.07) is 11.5. The number of amides is 4. The number of rotatable bonds is 7. The van der Waals surface area contributed by atoms with E-state index in [0.29, 0.717) is 12.2 Å². The van der Waals surface area contributed by atoms with Crippen LogP contribution in [0.5, 0.6) is 0 Å². The lowest BCUT2D eigenvalue weighted by Gasteiger charge is -2.43. The largest absolute Gasteiger partial charge is 0.380 e. The second-order valence-electron chi connectivity index (χ2n) is 11.2. The molecule has 1 atom stereocenters. The molecule has 0 spiro atoms. The van der Waals surface area contributed by atoms with Crippen molar-refractivity contribution in [1.29, 1.82) is 0 Å². The SMILES string of the molecule is Cc1cc(CNc2cccc3c2C(=O)N(C2CCC(=O)NC2=O)C3=O)ccc1CN1CCN(C2CCC2)CC1. The number of fused-ring (bicyclic) bond motifs is 1. The number of nitrogens with zero attached hydrogens (tertiary/aromatic N) is 3. The maximum Gasteiger partial charge on any atom is 0.264 e. The summed E-state index contributed by atoms with van der Waals surface area (Å²) in [7, 11) is 0. The second kappa shape index (κ2) is 10.5. The molecule has 3 aliphatic heterocycles. The summed E-state index contributed by atoms with van der Waals surface area (Å²) in [4.78, 5) is 56.5. The molecule has 4 aliphatic rings. The first-order chi connectivity index (χ1) is 18.9. The van der Waals surface area contributed by atoms with Crippen LogP contribution in [0, 0.1) is 6.92 Å². The Morgan fingerprint density at radius 1 is 0.949 bits per heavy atom.